The van der Waals surface area contributed by atoms with E-state index in [0.717, 1.165) is 5.56 Å². The lowest BCUT2D eigenvalue weighted by atomic mass is 10.1. The Morgan fingerprint density at radius 3 is 2.64 bits per heavy atom. The zero-order valence-electron chi connectivity index (χ0n) is 7.72. The molecule has 76 valence electrons. The Hall–Kier alpha value is -0.200. The van der Waals surface area contributed by atoms with Crippen molar-refractivity contribution in [3.8, 4) is 0 Å². The van der Waals surface area contributed by atoms with Crippen molar-refractivity contribution in [3.05, 3.63) is 33.1 Å². The number of rotatable bonds is 1. The molecule has 1 fully saturated rings. The van der Waals surface area contributed by atoms with Crippen LogP contribution in [0.25, 0.3) is 0 Å². The minimum atomic E-state index is -0.779. The molecule has 1 heterocycles. The molecule has 2 nitrogen and oxygen atoms in total. The van der Waals surface area contributed by atoms with Crippen molar-refractivity contribution in [2.45, 2.75) is 12.7 Å². The summed E-state index contributed by atoms with van der Waals surface area (Å²) in [6.45, 7) is 2.93. The summed E-state index contributed by atoms with van der Waals surface area (Å²) in [7, 11) is 0. The number of halogens is 2. The maximum atomic E-state index is 13.3. The molecular weight excluding hydrogens is 298 g/mol. The second kappa shape index (κ2) is 3.75. The molecule has 1 aromatic carbocycles. The minimum Gasteiger partial charge on any atom is -0.344 e. The lowest BCUT2D eigenvalue weighted by molar-refractivity contribution is -0.150. The van der Waals surface area contributed by atoms with E-state index < -0.39 is 5.79 Å². The molecule has 0 amide bonds. The Morgan fingerprint density at radius 1 is 1.36 bits per heavy atom. The molecule has 0 unspecified atom stereocenters. The van der Waals surface area contributed by atoms with Gasteiger partial charge >= 0.3 is 0 Å². The van der Waals surface area contributed by atoms with Gasteiger partial charge < -0.3 is 9.47 Å². The van der Waals surface area contributed by atoms with Gasteiger partial charge in [-0.25, -0.2) is 4.39 Å². The molecule has 0 spiro atoms. The molecule has 14 heavy (non-hydrogen) atoms. The summed E-state index contributed by atoms with van der Waals surface area (Å²) in [5.74, 6) is -1.01. The van der Waals surface area contributed by atoms with Crippen LogP contribution in [-0.4, -0.2) is 13.2 Å². The van der Waals surface area contributed by atoms with Gasteiger partial charge in [-0.15, -0.1) is 0 Å². The Kier molecular flexibility index (Phi) is 2.77. The molecule has 1 aliphatic heterocycles. The van der Waals surface area contributed by atoms with E-state index in [1.54, 1.807) is 6.07 Å². The summed E-state index contributed by atoms with van der Waals surface area (Å²) >= 11 is 1.97. The molecule has 1 aliphatic rings. The van der Waals surface area contributed by atoms with Crippen LogP contribution in [0.3, 0.4) is 0 Å². The van der Waals surface area contributed by atoms with Gasteiger partial charge in [-0.1, -0.05) is 12.1 Å². The van der Waals surface area contributed by atoms with Gasteiger partial charge in [0.05, 0.1) is 16.8 Å². The zero-order chi connectivity index (χ0) is 10.2. The average Bonchev–Trinajstić information content (AvgIpc) is 2.58. The van der Waals surface area contributed by atoms with Crippen LogP contribution in [0.4, 0.5) is 4.39 Å². The van der Waals surface area contributed by atoms with E-state index in [-0.39, 0.29) is 5.82 Å². The van der Waals surface area contributed by atoms with Crippen LogP contribution in [0, 0.1) is 9.39 Å². The molecular formula is C10H10FIO2. The molecule has 4 heteroatoms. The standard InChI is InChI=1S/C10H10FIO2/c1-10(13-5-6-14-10)7-3-2-4-8(11)9(7)12/h2-4H,5-6H2,1H3. The van der Waals surface area contributed by atoms with Gasteiger partial charge in [0.15, 0.2) is 5.79 Å². The highest BCUT2D eigenvalue weighted by atomic mass is 127. The summed E-state index contributed by atoms with van der Waals surface area (Å²) in [6, 6.07) is 4.93. The van der Waals surface area contributed by atoms with Gasteiger partial charge in [0, 0.05) is 5.56 Å². The van der Waals surface area contributed by atoms with Crippen LogP contribution >= 0.6 is 22.6 Å². The summed E-state index contributed by atoms with van der Waals surface area (Å²) in [5.41, 5.74) is 0.760. The Morgan fingerprint density at radius 2 is 2.00 bits per heavy atom. The molecule has 0 bridgehead atoms. The van der Waals surface area contributed by atoms with Crippen molar-refractivity contribution in [1.29, 1.82) is 0 Å². The quantitative estimate of drug-likeness (QED) is 0.743. The van der Waals surface area contributed by atoms with Crippen molar-refractivity contribution in [3.63, 3.8) is 0 Å². The molecule has 0 saturated carbocycles. The third kappa shape index (κ3) is 1.66. The lowest BCUT2D eigenvalue weighted by Crippen LogP contribution is -2.24. The fourth-order valence-electron chi connectivity index (χ4n) is 1.52. The summed E-state index contributed by atoms with van der Waals surface area (Å²) in [5, 5.41) is 0. The van der Waals surface area contributed by atoms with Gasteiger partial charge in [0.1, 0.15) is 5.82 Å². The highest BCUT2D eigenvalue weighted by molar-refractivity contribution is 14.1. The smallest absolute Gasteiger partial charge is 0.193 e. The first-order valence-corrected chi connectivity index (χ1v) is 5.44. The van der Waals surface area contributed by atoms with Crippen molar-refractivity contribution >= 4 is 22.6 Å². The molecule has 2 rings (SSSR count). The maximum absolute atomic E-state index is 13.3. The van der Waals surface area contributed by atoms with Crippen LogP contribution < -0.4 is 0 Å². The fourth-order valence-corrected chi connectivity index (χ4v) is 2.37. The maximum Gasteiger partial charge on any atom is 0.193 e. The van der Waals surface area contributed by atoms with Crippen molar-refractivity contribution in [2.75, 3.05) is 13.2 Å². The van der Waals surface area contributed by atoms with E-state index >= 15 is 0 Å². The SMILES string of the molecule is CC1(c2cccc(F)c2I)OCCO1. The monoisotopic (exact) mass is 308 g/mol. The lowest BCUT2D eigenvalue weighted by Gasteiger charge is -2.23. The van der Waals surface area contributed by atoms with Crippen LogP contribution in [0.15, 0.2) is 18.2 Å². The zero-order valence-corrected chi connectivity index (χ0v) is 9.88. The molecule has 1 aromatic rings. The number of benzene rings is 1. The second-order valence-electron chi connectivity index (χ2n) is 3.24. The summed E-state index contributed by atoms with van der Waals surface area (Å²) < 4.78 is 24.8. The van der Waals surface area contributed by atoms with E-state index in [0.29, 0.717) is 16.8 Å². The normalized spacial score (nSPS) is 19.9. The predicted molar refractivity (Wildman–Crippen MR) is 58.4 cm³/mol. The van der Waals surface area contributed by atoms with E-state index in [9.17, 15) is 4.39 Å². The van der Waals surface area contributed by atoms with Crippen LogP contribution in [0.1, 0.15) is 12.5 Å². The number of hydrogen-bond acceptors (Lipinski definition) is 2. The predicted octanol–water partition coefficient (Wildman–Crippen LogP) is 2.65. The summed E-state index contributed by atoms with van der Waals surface area (Å²) in [4.78, 5) is 0. The highest BCUT2D eigenvalue weighted by Gasteiger charge is 2.35. The molecule has 0 atom stereocenters. The van der Waals surface area contributed by atoms with Crippen molar-refractivity contribution < 1.29 is 13.9 Å². The summed E-state index contributed by atoms with van der Waals surface area (Å²) in [6.07, 6.45) is 0. The number of ether oxygens (including phenoxy) is 2. The highest BCUT2D eigenvalue weighted by Crippen LogP contribution is 2.34. The Balaban J connectivity index is 2.45. The molecule has 0 aliphatic carbocycles. The van der Waals surface area contributed by atoms with Crippen LogP contribution in [0.5, 0.6) is 0 Å². The molecule has 1 saturated heterocycles. The van der Waals surface area contributed by atoms with E-state index in [2.05, 4.69) is 0 Å². The third-order valence-corrected chi connectivity index (χ3v) is 3.38. The van der Waals surface area contributed by atoms with Crippen molar-refractivity contribution in [1.82, 2.24) is 0 Å². The first-order chi connectivity index (χ1) is 6.63. The van der Waals surface area contributed by atoms with Gasteiger partial charge in [0.2, 0.25) is 0 Å². The van der Waals surface area contributed by atoms with Crippen LogP contribution in [-0.2, 0) is 15.3 Å². The van der Waals surface area contributed by atoms with E-state index in [4.69, 9.17) is 9.47 Å². The fraction of sp³-hybridized carbons (Fsp3) is 0.400. The van der Waals surface area contributed by atoms with E-state index in [1.165, 1.54) is 6.07 Å². The molecule has 0 radical (unpaired) electrons. The molecule has 0 N–H and O–H groups in total. The van der Waals surface area contributed by atoms with Gasteiger partial charge in [0.25, 0.3) is 0 Å². The average molecular weight is 308 g/mol. The van der Waals surface area contributed by atoms with Crippen molar-refractivity contribution in [2.24, 2.45) is 0 Å². The first kappa shape index (κ1) is 10.3. The Bertz CT molecular complexity index is 348. The topological polar surface area (TPSA) is 18.5 Å². The van der Waals surface area contributed by atoms with E-state index in [1.807, 2.05) is 35.6 Å². The minimum absolute atomic E-state index is 0.233. The third-order valence-electron chi connectivity index (χ3n) is 2.28. The van der Waals surface area contributed by atoms with Gasteiger partial charge in [-0.2, -0.15) is 0 Å². The van der Waals surface area contributed by atoms with Gasteiger partial charge in [-0.05, 0) is 35.6 Å². The Labute approximate surface area is 95.5 Å². The largest absolute Gasteiger partial charge is 0.344 e. The molecule has 0 aromatic heterocycles. The second-order valence-corrected chi connectivity index (χ2v) is 4.32. The van der Waals surface area contributed by atoms with Gasteiger partial charge in [-0.3, -0.25) is 0 Å². The number of hydrogen-bond donors (Lipinski definition) is 0. The van der Waals surface area contributed by atoms with Crippen LogP contribution in [0.2, 0.25) is 0 Å². The first-order valence-electron chi connectivity index (χ1n) is 4.36.